The van der Waals surface area contributed by atoms with E-state index in [0.717, 1.165) is 37.0 Å². The fraction of sp³-hybridized carbons (Fsp3) is 0.360. The van der Waals surface area contributed by atoms with Crippen LogP contribution in [0.4, 0.5) is 5.69 Å². The van der Waals surface area contributed by atoms with E-state index in [1.807, 2.05) is 30.3 Å². The maximum absolute atomic E-state index is 12.5. The first-order valence-electron chi connectivity index (χ1n) is 10.5. The topological polar surface area (TPSA) is 67.4 Å². The zero-order valence-corrected chi connectivity index (χ0v) is 17.2. The molecule has 1 fully saturated rings. The van der Waals surface area contributed by atoms with Gasteiger partial charge in [0.15, 0.2) is 0 Å². The molecule has 0 spiro atoms. The number of carbonyl (C=O) groups is 2. The normalized spacial score (nSPS) is 13.8. The Labute approximate surface area is 178 Å². The van der Waals surface area contributed by atoms with Crippen LogP contribution in [-0.2, 0) is 11.2 Å². The first kappa shape index (κ1) is 21.4. The Bertz CT molecular complexity index is 893. The van der Waals surface area contributed by atoms with Gasteiger partial charge in [0.25, 0.3) is 5.91 Å². The van der Waals surface area contributed by atoms with Gasteiger partial charge in [0, 0.05) is 23.7 Å². The van der Waals surface area contributed by atoms with Gasteiger partial charge in [-0.25, -0.2) is 0 Å². The molecule has 1 saturated carbocycles. The van der Waals surface area contributed by atoms with E-state index in [4.69, 9.17) is 11.2 Å². The third-order valence-electron chi connectivity index (χ3n) is 5.31. The fourth-order valence-corrected chi connectivity index (χ4v) is 3.65. The molecule has 1 aliphatic carbocycles. The summed E-state index contributed by atoms with van der Waals surface area (Å²) in [7, 11) is 0. The third kappa shape index (κ3) is 6.38. The lowest BCUT2D eigenvalue weighted by Gasteiger charge is -2.20. The first-order chi connectivity index (χ1) is 14.7. The van der Waals surface area contributed by atoms with E-state index in [2.05, 4.69) is 16.6 Å². The van der Waals surface area contributed by atoms with Gasteiger partial charge >= 0.3 is 0 Å². The van der Waals surface area contributed by atoms with Gasteiger partial charge in [0.2, 0.25) is 5.91 Å². The van der Waals surface area contributed by atoms with Gasteiger partial charge < -0.3 is 15.4 Å². The molecule has 2 aromatic rings. The molecule has 2 amide bonds. The molecule has 30 heavy (non-hydrogen) atoms. The minimum Gasteiger partial charge on any atom is -0.481 e. The van der Waals surface area contributed by atoms with Crippen molar-refractivity contribution in [1.82, 2.24) is 5.32 Å². The predicted molar refractivity (Wildman–Crippen MR) is 118 cm³/mol. The first-order valence-corrected chi connectivity index (χ1v) is 10.5. The van der Waals surface area contributed by atoms with E-state index in [0.29, 0.717) is 24.2 Å². The maximum atomic E-state index is 12.5. The highest BCUT2D eigenvalue weighted by Gasteiger charge is 2.21. The van der Waals surface area contributed by atoms with Gasteiger partial charge in [-0.3, -0.25) is 9.59 Å². The standard InChI is InChI=1S/C25H28N2O3/c1-2-17-30-23-13-11-19(12-14-23)15-16-26-24(28)21-9-6-10-22(18-21)27-25(29)20-7-4-3-5-8-20/h1,6,9-14,18,20H,3-5,7-8,15-17H2,(H,26,28)(H,27,29). The fourth-order valence-electron chi connectivity index (χ4n) is 3.65. The van der Waals surface area contributed by atoms with Crippen molar-refractivity contribution in [2.45, 2.75) is 38.5 Å². The number of hydrogen-bond donors (Lipinski definition) is 2. The molecule has 0 atom stereocenters. The highest BCUT2D eigenvalue weighted by molar-refractivity contribution is 5.97. The molecule has 1 aliphatic rings. The minimum absolute atomic E-state index is 0.0573. The largest absolute Gasteiger partial charge is 0.481 e. The number of terminal acetylenes is 1. The Balaban J connectivity index is 1.47. The number of anilines is 1. The summed E-state index contributed by atoms with van der Waals surface area (Å²) in [5, 5.41) is 5.90. The van der Waals surface area contributed by atoms with Crippen LogP contribution in [0.3, 0.4) is 0 Å². The summed E-state index contributed by atoms with van der Waals surface area (Å²) < 4.78 is 5.35. The second-order valence-electron chi connectivity index (χ2n) is 7.55. The van der Waals surface area contributed by atoms with Crippen molar-refractivity contribution >= 4 is 17.5 Å². The number of nitrogens with one attached hydrogen (secondary N) is 2. The summed E-state index contributed by atoms with van der Waals surface area (Å²) in [5.41, 5.74) is 2.30. The SMILES string of the molecule is C#CCOc1ccc(CCNC(=O)c2cccc(NC(=O)C3CCCCC3)c2)cc1. The van der Waals surface area contributed by atoms with Crippen molar-refractivity contribution in [3.05, 3.63) is 59.7 Å². The van der Waals surface area contributed by atoms with Gasteiger partial charge in [-0.2, -0.15) is 0 Å². The molecule has 5 heteroatoms. The molecule has 0 aliphatic heterocycles. The van der Waals surface area contributed by atoms with Gasteiger partial charge in [0.1, 0.15) is 12.4 Å². The zero-order valence-electron chi connectivity index (χ0n) is 17.2. The van der Waals surface area contributed by atoms with Crippen LogP contribution < -0.4 is 15.4 Å². The van der Waals surface area contributed by atoms with Gasteiger partial charge in [0.05, 0.1) is 0 Å². The summed E-state index contributed by atoms with van der Waals surface area (Å²) >= 11 is 0. The Hall–Kier alpha value is -3.26. The molecular formula is C25H28N2O3. The van der Waals surface area contributed by atoms with Crippen molar-refractivity contribution in [2.24, 2.45) is 5.92 Å². The number of ether oxygens (including phenoxy) is 1. The average molecular weight is 405 g/mol. The lowest BCUT2D eigenvalue weighted by molar-refractivity contribution is -0.120. The van der Waals surface area contributed by atoms with Crippen LogP contribution in [0.1, 0.15) is 48.0 Å². The highest BCUT2D eigenvalue weighted by Crippen LogP contribution is 2.25. The van der Waals surface area contributed by atoms with Crippen molar-refractivity contribution < 1.29 is 14.3 Å². The summed E-state index contributed by atoms with van der Waals surface area (Å²) in [6.45, 7) is 0.762. The molecule has 0 saturated heterocycles. The quantitative estimate of drug-likeness (QED) is 0.649. The van der Waals surface area contributed by atoms with Crippen LogP contribution >= 0.6 is 0 Å². The highest BCUT2D eigenvalue weighted by atomic mass is 16.5. The number of hydrogen-bond acceptors (Lipinski definition) is 3. The number of amides is 2. The Kier molecular flexibility index (Phi) is 7.91. The van der Waals surface area contributed by atoms with Crippen molar-refractivity contribution in [3.63, 3.8) is 0 Å². The molecular weight excluding hydrogens is 376 g/mol. The van der Waals surface area contributed by atoms with E-state index in [1.165, 1.54) is 6.42 Å². The van der Waals surface area contributed by atoms with E-state index in [9.17, 15) is 9.59 Å². The third-order valence-corrected chi connectivity index (χ3v) is 5.31. The van der Waals surface area contributed by atoms with Crippen LogP contribution in [0.5, 0.6) is 5.75 Å². The summed E-state index contributed by atoms with van der Waals surface area (Å²) in [6.07, 6.45) is 11.2. The predicted octanol–water partition coefficient (Wildman–Crippen LogP) is 4.19. The molecule has 3 rings (SSSR count). The Morgan fingerprint density at radius 1 is 1.07 bits per heavy atom. The van der Waals surface area contributed by atoms with E-state index in [-0.39, 0.29) is 24.3 Å². The molecule has 5 nitrogen and oxygen atoms in total. The van der Waals surface area contributed by atoms with Crippen LogP contribution in [0.25, 0.3) is 0 Å². The number of carbonyl (C=O) groups excluding carboxylic acids is 2. The lowest BCUT2D eigenvalue weighted by atomic mass is 9.88. The second kappa shape index (κ2) is 11.1. The van der Waals surface area contributed by atoms with E-state index >= 15 is 0 Å². The van der Waals surface area contributed by atoms with Crippen LogP contribution in [0.15, 0.2) is 48.5 Å². The molecule has 2 aromatic carbocycles. The lowest BCUT2D eigenvalue weighted by Crippen LogP contribution is -2.26. The Morgan fingerprint density at radius 3 is 2.57 bits per heavy atom. The van der Waals surface area contributed by atoms with E-state index in [1.54, 1.807) is 18.2 Å². The van der Waals surface area contributed by atoms with Crippen LogP contribution in [-0.4, -0.2) is 25.0 Å². The Morgan fingerprint density at radius 2 is 1.83 bits per heavy atom. The van der Waals surface area contributed by atoms with Crippen molar-refractivity contribution in [2.75, 3.05) is 18.5 Å². The molecule has 0 bridgehead atoms. The smallest absolute Gasteiger partial charge is 0.251 e. The number of rotatable bonds is 8. The molecule has 156 valence electrons. The maximum Gasteiger partial charge on any atom is 0.251 e. The second-order valence-corrected chi connectivity index (χ2v) is 7.55. The van der Waals surface area contributed by atoms with E-state index < -0.39 is 0 Å². The van der Waals surface area contributed by atoms with Gasteiger partial charge in [-0.1, -0.05) is 43.4 Å². The van der Waals surface area contributed by atoms with Gasteiger partial charge in [-0.05, 0) is 55.2 Å². The van der Waals surface area contributed by atoms with Gasteiger partial charge in [-0.15, -0.1) is 6.42 Å². The summed E-state index contributed by atoms with van der Waals surface area (Å²) in [5.74, 6) is 3.15. The molecule has 0 radical (unpaired) electrons. The molecule has 0 unspecified atom stereocenters. The van der Waals surface area contributed by atoms with Crippen LogP contribution in [0.2, 0.25) is 0 Å². The number of benzene rings is 2. The average Bonchev–Trinajstić information content (AvgIpc) is 2.79. The summed E-state index contributed by atoms with van der Waals surface area (Å²) in [4.78, 5) is 24.9. The van der Waals surface area contributed by atoms with Crippen LogP contribution in [0, 0.1) is 18.3 Å². The van der Waals surface area contributed by atoms with Crippen molar-refractivity contribution in [3.8, 4) is 18.1 Å². The van der Waals surface area contributed by atoms with Crippen molar-refractivity contribution in [1.29, 1.82) is 0 Å². The summed E-state index contributed by atoms with van der Waals surface area (Å²) in [6, 6.07) is 14.7. The molecule has 0 aromatic heterocycles. The minimum atomic E-state index is -0.155. The molecule has 2 N–H and O–H groups in total. The zero-order chi connectivity index (χ0) is 21.2. The monoisotopic (exact) mass is 404 g/mol. The molecule has 0 heterocycles.